The zero-order chi connectivity index (χ0) is 17.4. The third-order valence-corrected chi connectivity index (χ3v) is 4.91. The maximum Gasteiger partial charge on any atom is 0.276 e. The van der Waals surface area contributed by atoms with E-state index in [0.717, 1.165) is 54.8 Å². The van der Waals surface area contributed by atoms with Gasteiger partial charge in [0.2, 0.25) is 0 Å². The normalized spacial score (nSPS) is 17.5. The molecule has 6 heteroatoms. The van der Waals surface area contributed by atoms with Gasteiger partial charge in [0.1, 0.15) is 11.6 Å². The molecule has 0 radical (unpaired) electrons. The highest BCUT2D eigenvalue weighted by Crippen LogP contribution is 2.33. The molecule has 1 aliphatic heterocycles. The zero-order valence-corrected chi connectivity index (χ0v) is 14.6. The Bertz CT molecular complexity index is 911. The molecule has 0 N–H and O–H groups in total. The predicted molar refractivity (Wildman–Crippen MR) is 94.2 cm³/mol. The van der Waals surface area contributed by atoms with E-state index in [-0.39, 0.29) is 11.9 Å². The summed E-state index contributed by atoms with van der Waals surface area (Å²) in [5, 5.41) is 3.98. The highest BCUT2D eigenvalue weighted by Gasteiger charge is 2.34. The monoisotopic (exact) mass is 338 g/mol. The molecule has 0 unspecified atom stereocenters. The van der Waals surface area contributed by atoms with Gasteiger partial charge in [-0.1, -0.05) is 24.2 Å². The van der Waals surface area contributed by atoms with Crippen LogP contribution in [-0.4, -0.2) is 32.1 Å². The molecule has 3 aromatic rings. The second-order valence-electron chi connectivity index (χ2n) is 6.60. The van der Waals surface area contributed by atoms with Crippen molar-refractivity contribution in [3.05, 3.63) is 47.6 Å². The molecule has 130 valence electrons. The summed E-state index contributed by atoms with van der Waals surface area (Å²) in [6, 6.07) is 9.82. The molecule has 1 aromatic carbocycles. The first-order valence-corrected chi connectivity index (χ1v) is 8.87. The number of aryl methyl sites for hydroxylation is 2. The quantitative estimate of drug-likeness (QED) is 0.730. The third-order valence-electron chi connectivity index (χ3n) is 4.91. The van der Waals surface area contributed by atoms with Gasteiger partial charge < -0.3 is 14.0 Å². The third kappa shape index (κ3) is 2.71. The van der Waals surface area contributed by atoms with E-state index < -0.39 is 0 Å². The van der Waals surface area contributed by atoms with Gasteiger partial charge in [-0.15, -0.1) is 0 Å². The van der Waals surface area contributed by atoms with Crippen LogP contribution in [0.5, 0.6) is 0 Å². The van der Waals surface area contributed by atoms with E-state index >= 15 is 0 Å². The minimum Gasteiger partial charge on any atom is -0.361 e. The summed E-state index contributed by atoms with van der Waals surface area (Å²) in [6.45, 7) is 2.80. The van der Waals surface area contributed by atoms with E-state index in [1.165, 1.54) is 0 Å². The molecule has 4 rings (SSSR count). The smallest absolute Gasteiger partial charge is 0.276 e. The number of nitrogens with zero attached hydrogens (tertiary/aromatic N) is 4. The van der Waals surface area contributed by atoms with Crippen molar-refractivity contribution in [3.63, 3.8) is 0 Å². The fourth-order valence-electron chi connectivity index (χ4n) is 3.67. The maximum absolute atomic E-state index is 12.9. The van der Waals surface area contributed by atoms with Gasteiger partial charge in [0.15, 0.2) is 5.69 Å². The lowest BCUT2D eigenvalue weighted by molar-refractivity contribution is 0.0718. The van der Waals surface area contributed by atoms with Crippen LogP contribution in [0, 0.1) is 0 Å². The van der Waals surface area contributed by atoms with Gasteiger partial charge in [-0.3, -0.25) is 4.79 Å². The van der Waals surface area contributed by atoms with Gasteiger partial charge in [-0.25, -0.2) is 4.98 Å². The Kier molecular flexibility index (Phi) is 4.03. The average Bonchev–Trinajstić information content (AvgIpc) is 3.34. The first kappa shape index (κ1) is 15.9. The van der Waals surface area contributed by atoms with Crippen LogP contribution >= 0.6 is 0 Å². The van der Waals surface area contributed by atoms with Crippen molar-refractivity contribution in [1.29, 1.82) is 0 Å². The number of likely N-dealkylation sites (tertiary alicyclic amines) is 1. The zero-order valence-electron chi connectivity index (χ0n) is 14.6. The average molecular weight is 338 g/mol. The van der Waals surface area contributed by atoms with Crippen LogP contribution in [0.25, 0.3) is 11.0 Å². The number of rotatable bonds is 4. The fourth-order valence-corrected chi connectivity index (χ4v) is 3.67. The number of benzene rings is 1. The lowest BCUT2D eigenvalue weighted by Crippen LogP contribution is -2.32. The van der Waals surface area contributed by atoms with Crippen LogP contribution in [0.15, 0.2) is 34.9 Å². The summed E-state index contributed by atoms with van der Waals surface area (Å²) in [5.74, 6) is 1.63. The topological polar surface area (TPSA) is 64.2 Å². The van der Waals surface area contributed by atoms with E-state index in [4.69, 9.17) is 9.51 Å². The first-order chi connectivity index (χ1) is 12.2. The Morgan fingerprint density at radius 2 is 2.20 bits per heavy atom. The molecule has 1 saturated heterocycles. The number of carbonyl (C=O) groups excluding carboxylic acids is 1. The van der Waals surface area contributed by atoms with Gasteiger partial charge in [-0.2, -0.15) is 0 Å². The summed E-state index contributed by atoms with van der Waals surface area (Å²) < 4.78 is 7.37. The standard InChI is InChI=1S/C19H22N4O2/c1-3-7-13-12-15(21-25-13)19(24)23-11-6-10-17(23)18-20-14-8-4-5-9-16(14)22(18)2/h4-5,8-9,12,17H,3,6-7,10-11H2,1-2H3/t17-/m1/s1. The highest BCUT2D eigenvalue weighted by molar-refractivity contribution is 5.92. The largest absolute Gasteiger partial charge is 0.361 e. The van der Waals surface area contributed by atoms with Crippen molar-refractivity contribution >= 4 is 16.9 Å². The molecule has 1 aliphatic rings. The second kappa shape index (κ2) is 6.35. The molecule has 1 atom stereocenters. The van der Waals surface area contributed by atoms with Gasteiger partial charge in [0.25, 0.3) is 5.91 Å². The van der Waals surface area contributed by atoms with Crippen molar-refractivity contribution in [1.82, 2.24) is 19.6 Å². The molecule has 25 heavy (non-hydrogen) atoms. The molecule has 1 fully saturated rings. The number of amides is 1. The lowest BCUT2D eigenvalue weighted by atomic mass is 10.2. The molecule has 1 amide bonds. The number of para-hydroxylation sites is 2. The van der Waals surface area contributed by atoms with Gasteiger partial charge in [0.05, 0.1) is 17.1 Å². The molecule has 2 aromatic heterocycles. The molecule has 0 saturated carbocycles. The fraction of sp³-hybridized carbons (Fsp3) is 0.421. The number of hydrogen-bond donors (Lipinski definition) is 0. The molecular weight excluding hydrogens is 316 g/mol. The molecule has 0 aliphatic carbocycles. The van der Waals surface area contributed by atoms with Crippen molar-refractivity contribution in [2.24, 2.45) is 7.05 Å². The molecule has 0 bridgehead atoms. The molecule has 6 nitrogen and oxygen atoms in total. The summed E-state index contributed by atoms with van der Waals surface area (Å²) in [5.41, 5.74) is 2.45. The Hall–Kier alpha value is -2.63. The van der Waals surface area contributed by atoms with Crippen LogP contribution in [0.4, 0.5) is 0 Å². The van der Waals surface area contributed by atoms with Crippen molar-refractivity contribution in [2.45, 2.75) is 38.6 Å². The van der Waals surface area contributed by atoms with Gasteiger partial charge >= 0.3 is 0 Å². The van der Waals surface area contributed by atoms with E-state index in [2.05, 4.69) is 22.7 Å². The van der Waals surface area contributed by atoms with E-state index in [1.807, 2.05) is 30.1 Å². The summed E-state index contributed by atoms with van der Waals surface area (Å²) in [6.07, 6.45) is 3.66. The van der Waals surface area contributed by atoms with Crippen molar-refractivity contribution in [3.8, 4) is 0 Å². The predicted octanol–water partition coefficient (Wildman–Crippen LogP) is 3.49. The van der Waals surface area contributed by atoms with Crippen LogP contribution < -0.4 is 0 Å². The molecule has 0 spiro atoms. The van der Waals surface area contributed by atoms with Crippen LogP contribution in [-0.2, 0) is 13.5 Å². The summed E-state index contributed by atoms with van der Waals surface area (Å²) in [7, 11) is 2.01. The van der Waals surface area contributed by atoms with E-state index in [9.17, 15) is 4.79 Å². The highest BCUT2D eigenvalue weighted by atomic mass is 16.5. The Balaban J connectivity index is 1.65. The summed E-state index contributed by atoms with van der Waals surface area (Å²) >= 11 is 0. The summed E-state index contributed by atoms with van der Waals surface area (Å²) in [4.78, 5) is 19.6. The second-order valence-corrected chi connectivity index (χ2v) is 6.60. The first-order valence-electron chi connectivity index (χ1n) is 8.87. The van der Waals surface area contributed by atoms with Crippen LogP contribution in [0.3, 0.4) is 0 Å². The minimum atomic E-state index is -0.0688. The van der Waals surface area contributed by atoms with Crippen LogP contribution in [0.2, 0.25) is 0 Å². The lowest BCUT2D eigenvalue weighted by Gasteiger charge is -2.23. The van der Waals surface area contributed by atoms with Gasteiger partial charge in [-0.05, 0) is 31.4 Å². The van der Waals surface area contributed by atoms with Crippen LogP contribution in [0.1, 0.15) is 54.3 Å². The maximum atomic E-state index is 12.9. The SMILES string of the molecule is CCCc1cc(C(=O)N2CCC[C@@H]2c2nc3ccccc3n2C)no1. The molecule has 3 heterocycles. The van der Waals surface area contributed by atoms with E-state index in [1.54, 1.807) is 6.07 Å². The Morgan fingerprint density at radius 3 is 3.00 bits per heavy atom. The van der Waals surface area contributed by atoms with Crippen molar-refractivity contribution in [2.75, 3.05) is 6.54 Å². The number of hydrogen-bond acceptors (Lipinski definition) is 4. The minimum absolute atomic E-state index is 0.0174. The Morgan fingerprint density at radius 1 is 1.36 bits per heavy atom. The number of imidazole rings is 1. The number of carbonyl (C=O) groups is 1. The van der Waals surface area contributed by atoms with E-state index in [0.29, 0.717) is 5.69 Å². The number of aromatic nitrogens is 3. The molecular formula is C19H22N4O2. The van der Waals surface area contributed by atoms with Gasteiger partial charge in [0, 0.05) is 26.1 Å². The number of fused-ring (bicyclic) bond motifs is 1. The Labute approximate surface area is 146 Å². The van der Waals surface area contributed by atoms with Crippen molar-refractivity contribution < 1.29 is 9.32 Å².